The standard InChI is InChI=1S/C13H24N4O3/c1-8(2)6-17-10(14)9(15-7-13(3,4)20)11(18)16(5)12(17)19/h8,15,20H,6-7,14H2,1-5H3. The predicted octanol–water partition coefficient (Wildman–Crippen LogP) is -0.0320. The van der Waals surface area contributed by atoms with Crippen LogP contribution < -0.4 is 22.3 Å². The summed E-state index contributed by atoms with van der Waals surface area (Å²) in [6.07, 6.45) is 0. The van der Waals surface area contributed by atoms with E-state index in [9.17, 15) is 14.7 Å². The van der Waals surface area contributed by atoms with E-state index in [2.05, 4.69) is 5.32 Å². The quantitative estimate of drug-likeness (QED) is 0.704. The number of rotatable bonds is 5. The van der Waals surface area contributed by atoms with Crippen molar-refractivity contribution in [2.45, 2.75) is 39.8 Å². The van der Waals surface area contributed by atoms with Crippen molar-refractivity contribution in [1.29, 1.82) is 0 Å². The van der Waals surface area contributed by atoms with Crippen LogP contribution in [0.4, 0.5) is 11.5 Å². The lowest BCUT2D eigenvalue weighted by Gasteiger charge is -2.21. The molecule has 0 bridgehead atoms. The number of aliphatic hydroxyl groups is 1. The average Bonchev–Trinajstić information content (AvgIpc) is 2.30. The normalized spacial score (nSPS) is 11.9. The van der Waals surface area contributed by atoms with Gasteiger partial charge in [-0.3, -0.25) is 13.9 Å². The topological polar surface area (TPSA) is 102 Å². The van der Waals surface area contributed by atoms with Gasteiger partial charge in [-0.1, -0.05) is 13.8 Å². The van der Waals surface area contributed by atoms with Gasteiger partial charge < -0.3 is 16.2 Å². The van der Waals surface area contributed by atoms with Crippen molar-refractivity contribution in [1.82, 2.24) is 9.13 Å². The maximum Gasteiger partial charge on any atom is 0.332 e. The minimum absolute atomic E-state index is 0.107. The lowest BCUT2D eigenvalue weighted by Crippen LogP contribution is -2.42. The summed E-state index contributed by atoms with van der Waals surface area (Å²) in [5.74, 6) is 0.325. The number of hydrogen-bond acceptors (Lipinski definition) is 5. The molecule has 114 valence electrons. The third-order valence-electron chi connectivity index (χ3n) is 2.83. The molecular weight excluding hydrogens is 260 g/mol. The Bertz CT molecular complexity index is 593. The Morgan fingerprint density at radius 2 is 1.90 bits per heavy atom. The first-order chi connectivity index (χ1) is 9.04. The molecule has 0 aromatic carbocycles. The molecule has 0 aliphatic heterocycles. The molecule has 0 saturated heterocycles. The molecule has 0 spiro atoms. The van der Waals surface area contributed by atoms with Crippen molar-refractivity contribution in [2.75, 3.05) is 17.6 Å². The molecule has 1 aromatic heterocycles. The van der Waals surface area contributed by atoms with E-state index in [-0.39, 0.29) is 24.0 Å². The molecule has 0 amide bonds. The Balaban J connectivity index is 3.34. The van der Waals surface area contributed by atoms with Crippen LogP contribution in [0.2, 0.25) is 0 Å². The number of nitrogen functional groups attached to an aromatic ring is 1. The van der Waals surface area contributed by atoms with E-state index < -0.39 is 16.9 Å². The number of nitrogens with zero attached hydrogens (tertiary/aromatic N) is 2. The zero-order valence-corrected chi connectivity index (χ0v) is 12.7. The van der Waals surface area contributed by atoms with Gasteiger partial charge in [-0.15, -0.1) is 0 Å². The molecule has 0 aliphatic carbocycles. The summed E-state index contributed by atoms with van der Waals surface area (Å²) in [6.45, 7) is 7.74. The van der Waals surface area contributed by atoms with Crippen LogP contribution in [0, 0.1) is 5.92 Å². The minimum atomic E-state index is -0.990. The van der Waals surface area contributed by atoms with Crippen molar-refractivity contribution in [2.24, 2.45) is 13.0 Å². The van der Waals surface area contributed by atoms with Gasteiger partial charge in [0.05, 0.1) is 5.60 Å². The molecule has 1 aromatic rings. The number of hydrogen-bond donors (Lipinski definition) is 3. The summed E-state index contributed by atoms with van der Waals surface area (Å²) >= 11 is 0. The van der Waals surface area contributed by atoms with E-state index in [1.54, 1.807) is 13.8 Å². The highest BCUT2D eigenvalue weighted by atomic mass is 16.3. The number of aromatic nitrogens is 2. The second-order valence-corrected chi connectivity index (χ2v) is 6.08. The predicted molar refractivity (Wildman–Crippen MR) is 80.0 cm³/mol. The van der Waals surface area contributed by atoms with Crippen LogP contribution in [0.1, 0.15) is 27.7 Å². The maximum atomic E-state index is 12.1. The zero-order chi connectivity index (χ0) is 15.7. The second kappa shape index (κ2) is 5.70. The van der Waals surface area contributed by atoms with E-state index >= 15 is 0 Å². The van der Waals surface area contributed by atoms with Crippen LogP contribution in [0.5, 0.6) is 0 Å². The smallest absolute Gasteiger partial charge is 0.332 e. The zero-order valence-electron chi connectivity index (χ0n) is 12.7. The molecule has 0 atom stereocenters. The molecule has 1 heterocycles. The fourth-order valence-electron chi connectivity index (χ4n) is 1.80. The Morgan fingerprint density at radius 3 is 2.35 bits per heavy atom. The van der Waals surface area contributed by atoms with E-state index in [4.69, 9.17) is 5.73 Å². The third-order valence-corrected chi connectivity index (χ3v) is 2.83. The summed E-state index contributed by atoms with van der Waals surface area (Å²) in [7, 11) is 1.41. The summed E-state index contributed by atoms with van der Waals surface area (Å²) < 4.78 is 2.39. The molecule has 0 aliphatic rings. The van der Waals surface area contributed by atoms with Gasteiger partial charge in [0, 0.05) is 20.1 Å². The first kappa shape index (κ1) is 16.3. The van der Waals surface area contributed by atoms with Crippen molar-refractivity contribution >= 4 is 11.5 Å². The van der Waals surface area contributed by atoms with E-state index in [1.807, 2.05) is 13.8 Å². The average molecular weight is 284 g/mol. The highest BCUT2D eigenvalue weighted by molar-refractivity contribution is 5.60. The number of anilines is 2. The van der Waals surface area contributed by atoms with Crippen molar-refractivity contribution in [3.63, 3.8) is 0 Å². The maximum absolute atomic E-state index is 12.1. The molecule has 7 nitrogen and oxygen atoms in total. The second-order valence-electron chi connectivity index (χ2n) is 6.08. The number of nitrogens with two attached hydrogens (primary N) is 1. The lowest BCUT2D eigenvalue weighted by molar-refractivity contribution is 0.0945. The van der Waals surface area contributed by atoms with Crippen molar-refractivity contribution in [3.8, 4) is 0 Å². The summed E-state index contributed by atoms with van der Waals surface area (Å²) in [5, 5.41) is 12.6. The third kappa shape index (κ3) is 3.63. The van der Waals surface area contributed by atoms with E-state index in [1.165, 1.54) is 11.6 Å². The molecule has 0 unspecified atom stereocenters. The van der Waals surface area contributed by atoms with Crippen LogP contribution in [0.15, 0.2) is 9.59 Å². The fourth-order valence-corrected chi connectivity index (χ4v) is 1.80. The van der Waals surface area contributed by atoms with Crippen molar-refractivity contribution < 1.29 is 5.11 Å². The lowest BCUT2D eigenvalue weighted by atomic mass is 10.1. The van der Waals surface area contributed by atoms with Crippen LogP contribution in [-0.2, 0) is 13.6 Å². The summed E-state index contributed by atoms with van der Waals surface area (Å²) in [6, 6.07) is 0. The van der Waals surface area contributed by atoms with Crippen LogP contribution in [0.25, 0.3) is 0 Å². The molecule has 7 heteroatoms. The largest absolute Gasteiger partial charge is 0.389 e. The van der Waals surface area contributed by atoms with Crippen LogP contribution in [-0.4, -0.2) is 26.4 Å². The van der Waals surface area contributed by atoms with Crippen molar-refractivity contribution in [3.05, 3.63) is 20.8 Å². The van der Waals surface area contributed by atoms with Gasteiger partial charge >= 0.3 is 5.69 Å². The first-order valence-corrected chi connectivity index (χ1v) is 6.60. The molecule has 0 radical (unpaired) electrons. The summed E-state index contributed by atoms with van der Waals surface area (Å²) in [4.78, 5) is 24.2. The van der Waals surface area contributed by atoms with Gasteiger partial charge in [0.25, 0.3) is 5.56 Å². The van der Waals surface area contributed by atoms with Gasteiger partial charge in [0.15, 0.2) is 0 Å². The van der Waals surface area contributed by atoms with E-state index in [0.717, 1.165) is 4.57 Å². The van der Waals surface area contributed by atoms with Crippen LogP contribution >= 0.6 is 0 Å². The number of nitrogens with one attached hydrogen (secondary N) is 1. The molecule has 0 saturated carbocycles. The molecule has 4 N–H and O–H groups in total. The Hall–Kier alpha value is -1.76. The van der Waals surface area contributed by atoms with Gasteiger partial charge in [-0.2, -0.15) is 0 Å². The molecule has 1 rings (SSSR count). The summed E-state index contributed by atoms with van der Waals surface area (Å²) in [5.41, 5.74) is 4.17. The monoisotopic (exact) mass is 284 g/mol. The van der Waals surface area contributed by atoms with Gasteiger partial charge in [0.1, 0.15) is 11.5 Å². The fraction of sp³-hybridized carbons (Fsp3) is 0.692. The van der Waals surface area contributed by atoms with E-state index in [0.29, 0.717) is 6.54 Å². The highest BCUT2D eigenvalue weighted by Gasteiger charge is 2.19. The molecular formula is C13H24N4O3. The Morgan fingerprint density at radius 1 is 1.35 bits per heavy atom. The minimum Gasteiger partial charge on any atom is -0.389 e. The first-order valence-electron chi connectivity index (χ1n) is 6.60. The SMILES string of the molecule is CC(C)Cn1c(N)c(NCC(C)(C)O)c(=O)n(C)c1=O. The van der Waals surface area contributed by atoms with Gasteiger partial charge in [0.2, 0.25) is 0 Å². The van der Waals surface area contributed by atoms with Gasteiger partial charge in [-0.05, 0) is 19.8 Å². The van der Waals surface area contributed by atoms with Crippen LogP contribution in [0.3, 0.4) is 0 Å². The van der Waals surface area contributed by atoms with Gasteiger partial charge in [-0.25, -0.2) is 4.79 Å². The Labute approximate surface area is 118 Å². The Kier molecular flexibility index (Phi) is 4.65. The molecule has 20 heavy (non-hydrogen) atoms. The molecule has 0 fully saturated rings. The highest BCUT2D eigenvalue weighted by Crippen LogP contribution is 2.13.